The summed E-state index contributed by atoms with van der Waals surface area (Å²) in [7, 11) is 0. The van der Waals surface area contributed by atoms with E-state index < -0.39 is 5.97 Å². The fourth-order valence-corrected chi connectivity index (χ4v) is 2.12. The van der Waals surface area contributed by atoms with Crippen molar-refractivity contribution in [3.63, 3.8) is 0 Å². The molecule has 0 bridgehead atoms. The van der Waals surface area contributed by atoms with E-state index in [1.165, 1.54) is 0 Å². The standard InChI is InChI=1S/C18H12N2O2/c1-12-3-2-4-15(9-12)17-20-16(18(21)22-17)10-13-5-7-14(11-19)8-6-13/h2-10H,1H3. The first kappa shape index (κ1) is 13.8. The summed E-state index contributed by atoms with van der Waals surface area (Å²) in [5, 5.41) is 8.78. The molecule has 0 amide bonds. The van der Waals surface area contributed by atoms with E-state index in [0.717, 1.165) is 16.7 Å². The molecule has 0 fully saturated rings. The van der Waals surface area contributed by atoms with Gasteiger partial charge in [-0.05, 0) is 42.8 Å². The molecule has 106 valence electrons. The Hall–Kier alpha value is -3.19. The van der Waals surface area contributed by atoms with Crippen molar-refractivity contribution in [1.82, 2.24) is 0 Å². The van der Waals surface area contributed by atoms with Gasteiger partial charge < -0.3 is 4.74 Å². The first-order valence-corrected chi connectivity index (χ1v) is 6.75. The fraction of sp³-hybridized carbons (Fsp3) is 0.0556. The predicted octanol–water partition coefficient (Wildman–Crippen LogP) is 3.21. The Kier molecular flexibility index (Phi) is 3.55. The van der Waals surface area contributed by atoms with E-state index in [-0.39, 0.29) is 5.70 Å². The molecule has 0 aromatic heterocycles. The summed E-state index contributed by atoms with van der Waals surface area (Å²) in [5.41, 5.74) is 3.46. The van der Waals surface area contributed by atoms with Crippen LogP contribution >= 0.6 is 0 Å². The maximum atomic E-state index is 11.9. The van der Waals surface area contributed by atoms with Gasteiger partial charge in [0, 0.05) is 5.56 Å². The van der Waals surface area contributed by atoms with Gasteiger partial charge in [-0.1, -0.05) is 29.8 Å². The van der Waals surface area contributed by atoms with E-state index in [0.29, 0.717) is 11.5 Å². The molecular weight excluding hydrogens is 276 g/mol. The normalized spacial score (nSPS) is 15.4. The molecule has 2 aromatic carbocycles. The van der Waals surface area contributed by atoms with Crippen LogP contribution in [0.3, 0.4) is 0 Å². The van der Waals surface area contributed by atoms with Crippen LogP contribution in [0.5, 0.6) is 0 Å². The van der Waals surface area contributed by atoms with Crippen LogP contribution in [-0.2, 0) is 9.53 Å². The van der Waals surface area contributed by atoms with Gasteiger partial charge in [0.1, 0.15) is 0 Å². The van der Waals surface area contributed by atoms with Gasteiger partial charge in [-0.15, -0.1) is 0 Å². The second kappa shape index (κ2) is 5.66. The highest BCUT2D eigenvalue weighted by molar-refractivity contribution is 6.12. The molecule has 22 heavy (non-hydrogen) atoms. The van der Waals surface area contributed by atoms with Crippen molar-refractivity contribution in [3.8, 4) is 6.07 Å². The Labute approximate surface area is 128 Å². The smallest absolute Gasteiger partial charge is 0.363 e. The number of benzene rings is 2. The molecule has 0 N–H and O–H groups in total. The predicted molar refractivity (Wildman–Crippen MR) is 82.9 cm³/mol. The van der Waals surface area contributed by atoms with Crippen LogP contribution in [0.15, 0.2) is 59.2 Å². The Morgan fingerprint density at radius 3 is 2.64 bits per heavy atom. The van der Waals surface area contributed by atoms with Crippen molar-refractivity contribution in [3.05, 3.63) is 76.5 Å². The van der Waals surface area contributed by atoms with Crippen LogP contribution < -0.4 is 0 Å². The number of hydrogen-bond donors (Lipinski definition) is 0. The molecule has 0 radical (unpaired) electrons. The molecule has 0 aliphatic carbocycles. The van der Waals surface area contributed by atoms with E-state index in [1.54, 1.807) is 30.3 Å². The number of cyclic esters (lactones) is 1. The topological polar surface area (TPSA) is 62.5 Å². The van der Waals surface area contributed by atoms with Gasteiger partial charge in [0.25, 0.3) is 0 Å². The van der Waals surface area contributed by atoms with Gasteiger partial charge in [0.2, 0.25) is 5.90 Å². The third-order valence-electron chi connectivity index (χ3n) is 3.23. The van der Waals surface area contributed by atoms with Gasteiger partial charge in [-0.3, -0.25) is 0 Å². The number of carbonyl (C=O) groups excluding carboxylic acids is 1. The Morgan fingerprint density at radius 1 is 1.18 bits per heavy atom. The van der Waals surface area contributed by atoms with Crippen molar-refractivity contribution >= 4 is 17.9 Å². The van der Waals surface area contributed by atoms with E-state index in [1.807, 2.05) is 31.2 Å². The average Bonchev–Trinajstić information content (AvgIpc) is 2.89. The molecule has 1 aliphatic heterocycles. The SMILES string of the molecule is Cc1cccc(C2=NC(=Cc3ccc(C#N)cc3)C(=O)O2)c1. The van der Waals surface area contributed by atoms with Crippen LogP contribution in [0.25, 0.3) is 6.08 Å². The zero-order valence-corrected chi connectivity index (χ0v) is 11.9. The second-order valence-electron chi connectivity index (χ2n) is 4.94. The van der Waals surface area contributed by atoms with Crippen molar-refractivity contribution in [2.75, 3.05) is 0 Å². The molecule has 2 aromatic rings. The molecule has 4 nitrogen and oxygen atoms in total. The number of carbonyl (C=O) groups is 1. The van der Waals surface area contributed by atoms with Gasteiger partial charge in [-0.25, -0.2) is 9.79 Å². The summed E-state index contributed by atoms with van der Waals surface area (Å²) < 4.78 is 5.22. The summed E-state index contributed by atoms with van der Waals surface area (Å²) in [5.74, 6) is -0.158. The van der Waals surface area contributed by atoms with E-state index in [2.05, 4.69) is 11.1 Å². The number of rotatable bonds is 2. The maximum absolute atomic E-state index is 11.9. The highest BCUT2D eigenvalue weighted by Gasteiger charge is 2.24. The van der Waals surface area contributed by atoms with Crippen molar-refractivity contribution in [1.29, 1.82) is 5.26 Å². The first-order chi connectivity index (χ1) is 10.7. The number of aryl methyl sites for hydroxylation is 1. The number of nitrogens with zero attached hydrogens (tertiary/aromatic N) is 2. The number of esters is 1. The molecule has 1 aliphatic rings. The number of aliphatic imine (C=N–C) groups is 1. The molecule has 3 rings (SSSR count). The first-order valence-electron chi connectivity index (χ1n) is 6.75. The summed E-state index contributed by atoms with van der Waals surface area (Å²) >= 11 is 0. The molecule has 0 spiro atoms. The molecular formula is C18H12N2O2. The van der Waals surface area contributed by atoms with Crippen molar-refractivity contribution < 1.29 is 9.53 Å². The highest BCUT2D eigenvalue weighted by atomic mass is 16.6. The van der Waals surface area contributed by atoms with Crippen molar-refractivity contribution in [2.45, 2.75) is 6.92 Å². The van der Waals surface area contributed by atoms with Gasteiger partial charge in [-0.2, -0.15) is 5.26 Å². The molecule has 4 heteroatoms. The number of nitriles is 1. The van der Waals surface area contributed by atoms with Crippen LogP contribution in [0.1, 0.15) is 22.3 Å². The number of hydrogen-bond acceptors (Lipinski definition) is 4. The lowest BCUT2D eigenvalue weighted by Crippen LogP contribution is -2.05. The lowest BCUT2D eigenvalue weighted by atomic mass is 10.1. The monoisotopic (exact) mass is 288 g/mol. The zero-order chi connectivity index (χ0) is 15.5. The van der Waals surface area contributed by atoms with Crippen LogP contribution in [0.2, 0.25) is 0 Å². The Balaban J connectivity index is 1.92. The summed E-state index contributed by atoms with van der Waals surface area (Å²) in [6, 6.07) is 16.6. The average molecular weight is 288 g/mol. The van der Waals surface area contributed by atoms with E-state index in [9.17, 15) is 4.79 Å². The summed E-state index contributed by atoms with van der Waals surface area (Å²) in [6.45, 7) is 1.97. The maximum Gasteiger partial charge on any atom is 0.363 e. The van der Waals surface area contributed by atoms with Crippen LogP contribution in [-0.4, -0.2) is 11.9 Å². The molecule has 1 heterocycles. The van der Waals surface area contributed by atoms with E-state index >= 15 is 0 Å². The molecule has 0 saturated carbocycles. The van der Waals surface area contributed by atoms with Crippen LogP contribution in [0.4, 0.5) is 0 Å². The second-order valence-corrected chi connectivity index (χ2v) is 4.94. The molecule has 0 unspecified atom stereocenters. The minimum atomic E-state index is -0.471. The largest absolute Gasteiger partial charge is 0.402 e. The Bertz CT molecular complexity index is 840. The highest BCUT2D eigenvalue weighted by Crippen LogP contribution is 2.19. The third kappa shape index (κ3) is 2.79. The lowest BCUT2D eigenvalue weighted by Gasteiger charge is -1.99. The summed E-state index contributed by atoms with van der Waals surface area (Å²) in [6.07, 6.45) is 1.65. The minimum absolute atomic E-state index is 0.251. The third-order valence-corrected chi connectivity index (χ3v) is 3.23. The zero-order valence-electron chi connectivity index (χ0n) is 11.9. The van der Waals surface area contributed by atoms with Gasteiger partial charge in [0.05, 0.1) is 11.6 Å². The van der Waals surface area contributed by atoms with Crippen molar-refractivity contribution in [2.24, 2.45) is 4.99 Å². The summed E-state index contributed by atoms with van der Waals surface area (Å²) in [4.78, 5) is 16.2. The van der Waals surface area contributed by atoms with Crippen LogP contribution in [0, 0.1) is 18.3 Å². The van der Waals surface area contributed by atoms with Gasteiger partial charge in [0.15, 0.2) is 5.70 Å². The molecule has 0 saturated heterocycles. The Morgan fingerprint density at radius 2 is 1.95 bits per heavy atom. The quantitative estimate of drug-likeness (QED) is 0.629. The minimum Gasteiger partial charge on any atom is -0.402 e. The number of ether oxygens (including phenoxy) is 1. The fourth-order valence-electron chi connectivity index (χ4n) is 2.12. The lowest BCUT2D eigenvalue weighted by molar-refractivity contribution is -0.129. The van der Waals surface area contributed by atoms with E-state index in [4.69, 9.17) is 10.00 Å². The van der Waals surface area contributed by atoms with Gasteiger partial charge >= 0.3 is 5.97 Å². The molecule has 0 atom stereocenters.